The van der Waals surface area contributed by atoms with E-state index in [0.717, 1.165) is 11.1 Å². The molecule has 0 aliphatic carbocycles. The number of carboxylic acid groups (broad SMARTS) is 1. The highest BCUT2D eigenvalue weighted by Crippen LogP contribution is 2.18. The minimum atomic E-state index is -1.02. The first kappa shape index (κ1) is 14.1. The number of nitrogens with zero attached hydrogens (tertiary/aromatic N) is 2. The maximum absolute atomic E-state index is 12.7. The van der Waals surface area contributed by atoms with Crippen LogP contribution in [-0.4, -0.2) is 20.2 Å². The van der Waals surface area contributed by atoms with Crippen LogP contribution in [0.5, 0.6) is 0 Å². The summed E-state index contributed by atoms with van der Waals surface area (Å²) in [6.45, 7) is 1.93. The van der Waals surface area contributed by atoms with Gasteiger partial charge in [-0.15, -0.1) is 0 Å². The standard InChI is InChI=1S/C17H16N2O3/c1-12(16(20)21)19-15-10-6-5-9-14(15)18(17(19)22)11-13-7-3-2-4-8-13/h2-10,12H,11H2,1H3,(H,20,21)/t12-/m1/s1. The zero-order valence-corrected chi connectivity index (χ0v) is 12.1. The summed E-state index contributed by atoms with van der Waals surface area (Å²) in [5.41, 5.74) is 2.07. The van der Waals surface area contributed by atoms with E-state index in [1.54, 1.807) is 16.7 Å². The number of carbonyl (C=O) groups is 1. The lowest BCUT2D eigenvalue weighted by Gasteiger charge is -2.07. The van der Waals surface area contributed by atoms with Crippen LogP contribution in [0, 0.1) is 0 Å². The van der Waals surface area contributed by atoms with Crippen molar-refractivity contribution in [2.75, 3.05) is 0 Å². The van der Waals surface area contributed by atoms with Crippen molar-refractivity contribution >= 4 is 17.0 Å². The summed E-state index contributed by atoms with van der Waals surface area (Å²) in [4.78, 5) is 24.0. The summed E-state index contributed by atoms with van der Waals surface area (Å²) in [5.74, 6) is -1.02. The molecular weight excluding hydrogens is 280 g/mol. The smallest absolute Gasteiger partial charge is 0.330 e. The normalized spacial score (nSPS) is 12.4. The van der Waals surface area contributed by atoms with E-state index in [1.165, 1.54) is 11.5 Å². The van der Waals surface area contributed by atoms with E-state index >= 15 is 0 Å². The number of aliphatic carboxylic acids is 1. The second-order valence-electron chi connectivity index (χ2n) is 5.23. The number of hydrogen-bond acceptors (Lipinski definition) is 2. The molecule has 3 aromatic rings. The van der Waals surface area contributed by atoms with E-state index in [2.05, 4.69) is 0 Å². The van der Waals surface area contributed by atoms with E-state index in [4.69, 9.17) is 0 Å². The van der Waals surface area contributed by atoms with Gasteiger partial charge in [0, 0.05) is 0 Å². The van der Waals surface area contributed by atoms with E-state index < -0.39 is 12.0 Å². The Bertz CT molecular complexity index is 878. The first-order valence-electron chi connectivity index (χ1n) is 7.06. The Hall–Kier alpha value is -2.82. The SMILES string of the molecule is C[C@H](C(=O)O)n1c(=O)n(Cc2ccccc2)c2ccccc21. The zero-order valence-electron chi connectivity index (χ0n) is 12.1. The number of hydrogen-bond donors (Lipinski definition) is 1. The fourth-order valence-corrected chi connectivity index (χ4v) is 2.64. The molecule has 1 N–H and O–H groups in total. The minimum Gasteiger partial charge on any atom is -0.480 e. The maximum Gasteiger partial charge on any atom is 0.330 e. The first-order chi connectivity index (χ1) is 10.6. The Morgan fingerprint density at radius 2 is 1.64 bits per heavy atom. The summed E-state index contributed by atoms with van der Waals surface area (Å²) in [6, 6.07) is 16.0. The molecule has 2 aromatic carbocycles. The average Bonchev–Trinajstić information content (AvgIpc) is 2.80. The molecule has 0 radical (unpaired) electrons. The highest BCUT2D eigenvalue weighted by molar-refractivity contribution is 5.80. The van der Waals surface area contributed by atoms with Crippen LogP contribution in [0.3, 0.4) is 0 Å². The highest BCUT2D eigenvalue weighted by atomic mass is 16.4. The van der Waals surface area contributed by atoms with E-state index in [0.29, 0.717) is 12.1 Å². The predicted octanol–water partition coefficient (Wildman–Crippen LogP) is 2.50. The van der Waals surface area contributed by atoms with Crippen molar-refractivity contribution < 1.29 is 9.90 Å². The minimum absolute atomic E-state index is 0.306. The van der Waals surface area contributed by atoms with Crippen LogP contribution in [0.4, 0.5) is 0 Å². The summed E-state index contributed by atoms with van der Waals surface area (Å²) >= 11 is 0. The molecule has 1 heterocycles. The van der Waals surface area contributed by atoms with Gasteiger partial charge in [0.25, 0.3) is 0 Å². The van der Waals surface area contributed by atoms with Gasteiger partial charge in [0.15, 0.2) is 0 Å². The van der Waals surface area contributed by atoms with E-state index in [1.807, 2.05) is 42.5 Å². The fourth-order valence-electron chi connectivity index (χ4n) is 2.64. The number of fused-ring (bicyclic) bond motifs is 1. The van der Waals surface area contributed by atoms with Gasteiger partial charge in [-0.25, -0.2) is 9.59 Å². The van der Waals surface area contributed by atoms with Gasteiger partial charge in [0.05, 0.1) is 17.6 Å². The molecule has 1 atom stereocenters. The maximum atomic E-state index is 12.7. The summed E-state index contributed by atoms with van der Waals surface area (Å²) in [5, 5.41) is 9.25. The molecule has 5 nitrogen and oxygen atoms in total. The third-order valence-corrected chi connectivity index (χ3v) is 3.80. The number of benzene rings is 2. The van der Waals surface area contributed by atoms with Crippen LogP contribution in [0.2, 0.25) is 0 Å². The van der Waals surface area contributed by atoms with Crippen LogP contribution < -0.4 is 5.69 Å². The van der Waals surface area contributed by atoms with Crippen LogP contribution >= 0.6 is 0 Å². The quantitative estimate of drug-likeness (QED) is 0.804. The van der Waals surface area contributed by atoms with Crippen LogP contribution in [-0.2, 0) is 11.3 Å². The molecular formula is C17H16N2O3. The molecule has 0 aliphatic rings. The fraction of sp³-hybridized carbons (Fsp3) is 0.176. The molecule has 0 spiro atoms. The number of imidazole rings is 1. The summed E-state index contributed by atoms with van der Waals surface area (Å²) < 4.78 is 2.95. The second-order valence-corrected chi connectivity index (χ2v) is 5.23. The molecule has 1 aromatic heterocycles. The molecule has 0 bridgehead atoms. The molecule has 0 fully saturated rings. The van der Waals surface area contributed by atoms with Crippen LogP contribution in [0.1, 0.15) is 18.5 Å². The van der Waals surface area contributed by atoms with Crippen molar-refractivity contribution in [3.8, 4) is 0 Å². The topological polar surface area (TPSA) is 64.2 Å². The molecule has 0 unspecified atom stereocenters. The van der Waals surface area contributed by atoms with E-state index in [9.17, 15) is 14.7 Å². The Morgan fingerprint density at radius 1 is 1.05 bits per heavy atom. The third-order valence-electron chi connectivity index (χ3n) is 3.80. The van der Waals surface area contributed by atoms with Gasteiger partial charge in [0.1, 0.15) is 6.04 Å². The van der Waals surface area contributed by atoms with Crippen molar-refractivity contribution in [1.29, 1.82) is 0 Å². The van der Waals surface area contributed by atoms with Crippen LogP contribution in [0.25, 0.3) is 11.0 Å². The summed E-state index contributed by atoms with van der Waals surface area (Å²) in [6.07, 6.45) is 0. The van der Waals surface area contributed by atoms with Crippen molar-refractivity contribution in [1.82, 2.24) is 9.13 Å². The van der Waals surface area contributed by atoms with Crippen molar-refractivity contribution in [3.63, 3.8) is 0 Å². The monoisotopic (exact) mass is 296 g/mol. The molecule has 0 amide bonds. The molecule has 112 valence electrons. The lowest BCUT2D eigenvalue weighted by Crippen LogP contribution is -2.30. The summed E-state index contributed by atoms with van der Waals surface area (Å²) in [7, 11) is 0. The van der Waals surface area contributed by atoms with Crippen molar-refractivity contribution in [2.24, 2.45) is 0 Å². The highest BCUT2D eigenvalue weighted by Gasteiger charge is 2.21. The molecule has 5 heteroatoms. The van der Waals surface area contributed by atoms with Gasteiger partial charge >= 0.3 is 11.7 Å². The largest absolute Gasteiger partial charge is 0.480 e. The number of para-hydroxylation sites is 2. The first-order valence-corrected chi connectivity index (χ1v) is 7.06. The Labute approximate surface area is 127 Å². The molecule has 3 rings (SSSR count). The van der Waals surface area contributed by atoms with Gasteiger partial charge in [-0.1, -0.05) is 42.5 Å². The number of rotatable bonds is 4. The third kappa shape index (κ3) is 2.30. The van der Waals surface area contributed by atoms with E-state index in [-0.39, 0.29) is 5.69 Å². The molecule has 0 saturated heterocycles. The average molecular weight is 296 g/mol. The lowest BCUT2D eigenvalue weighted by molar-refractivity contribution is -0.140. The van der Waals surface area contributed by atoms with Gasteiger partial charge in [-0.3, -0.25) is 9.13 Å². The Balaban J connectivity index is 2.21. The number of carboxylic acids is 1. The van der Waals surface area contributed by atoms with Crippen molar-refractivity contribution in [3.05, 3.63) is 70.6 Å². The van der Waals surface area contributed by atoms with Crippen LogP contribution in [0.15, 0.2) is 59.4 Å². The molecule has 0 aliphatic heterocycles. The van der Waals surface area contributed by atoms with Gasteiger partial charge in [0.2, 0.25) is 0 Å². The Kier molecular flexibility index (Phi) is 3.55. The second kappa shape index (κ2) is 5.52. The van der Waals surface area contributed by atoms with Gasteiger partial charge < -0.3 is 5.11 Å². The lowest BCUT2D eigenvalue weighted by atomic mass is 10.2. The van der Waals surface area contributed by atoms with Gasteiger partial charge in [-0.2, -0.15) is 0 Å². The molecule has 22 heavy (non-hydrogen) atoms. The Morgan fingerprint density at radius 3 is 2.27 bits per heavy atom. The number of aromatic nitrogens is 2. The molecule has 0 saturated carbocycles. The van der Waals surface area contributed by atoms with Crippen molar-refractivity contribution in [2.45, 2.75) is 19.5 Å². The van der Waals surface area contributed by atoms with Gasteiger partial charge in [-0.05, 0) is 24.6 Å². The zero-order chi connectivity index (χ0) is 15.7. The predicted molar refractivity (Wildman–Crippen MR) is 84.1 cm³/mol.